The molecule has 3 nitrogen and oxygen atoms in total. The first-order chi connectivity index (χ1) is 9.52. The highest BCUT2D eigenvalue weighted by molar-refractivity contribution is 5.67. The normalized spacial score (nSPS) is 14.1. The quantitative estimate of drug-likeness (QED) is 0.704. The van der Waals surface area contributed by atoms with Crippen molar-refractivity contribution >= 4 is 6.09 Å². The van der Waals surface area contributed by atoms with Crippen LogP contribution in [0, 0.1) is 5.92 Å². The molecule has 0 radical (unpaired) electrons. The predicted molar refractivity (Wildman–Crippen MR) is 63.7 cm³/mol. The molecule has 126 valence electrons. The molecule has 0 heterocycles. The van der Waals surface area contributed by atoms with Crippen molar-refractivity contribution in [3.63, 3.8) is 0 Å². The molecular weight excluding hydrogens is 304 g/mol. The third-order valence-electron chi connectivity index (χ3n) is 2.91. The van der Waals surface area contributed by atoms with Gasteiger partial charge in [0.05, 0.1) is 6.61 Å². The highest BCUT2D eigenvalue weighted by Crippen LogP contribution is 2.33. The largest absolute Gasteiger partial charge is 0.449 e. The Labute approximate surface area is 119 Å². The fourth-order valence-corrected chi connectivity index (χ4v) is 1.60. The van der Waals surface area contributed by atoms with Crippen LogP contribution in [0.5, 0.6) is 0 Å². The second-order valence-corrected chi connectivity index (χ2v) is 4.68. The van der Waals surface area contributed by atoms with Gasteiger partial charge in [-0.2, -0.15) is 26.3 Å². The monoisotopic (exact) mass is 323 g/mol. The maximum atomic E-state index is 12.2. The Balaban J connectivity index is 4.45. The summed E-state index contributed by atoms with van der Waals surface area (Å²) in [6, 6.07) is -3.92. The van der Waals surface area contributed by atoms with E-state index in [2.05, 4.69) is 4.74 Å². The summed E-state index contributed by atoms with van der Waals surface area (Å²) in [7, 11) is 0. The summed E-state index contributed by atoms with van der Waals surface area (Å²) >= 11 is 0. The van der Waals surface area contributed by atoms with Gasteiger partial charge in [-0.15, -0.1) is 0 Å². The van der Waals surface area contributed by atoms with Gasteiger partial charge in [0.1, 0.15) is 0 Å². The number of halogens is 6. The SMILES string of the molecule is CCCC[C@H](CC)COC(=O)NC(C(F)(F)F)C(F)(F)F. The first-order valence-electron chi connectivity index (χ1n) is 6.59. The predicted octanol–water partition coefficient (Wildman–Crippen LogP) is 4.42. The van der Waals surface area contributed by atoms with E-state index >= 15 is 0 Å². The van der Waals surface area contributed by atoms with Gasteiger partial charge in [0.15, 0.2) is 0 Å². The highest BCUT2D eigenvalue weighted by atomic mass is 19.4. The van der Waals surface area contributed by atoms with Gasteiger partial charge in [0.2, 0.25) is 6.04 Å². The number of unbranched alkanes of at least 4 members (excludes halogenated alkanes) is 1. The number of alkyl carbamates (subject to hydrolysis) is 1. The Bertz CT molecular complexity index is 302. The molecule has 0 aromatic rings. The first kappa shape index (κ1) is 19.9. The maximum absolute atomic E-state index is 12.2. The van der Waals surface area contributed by atoms with Gasteiger partial charge in [0.25, 0.3) is 0 Å². The molecule has 1 N–H and O–H groups in total. The molecule has 0 unspecified atom stereocenters. The summed E-state index contributed by atoms with van der Waals surface area (Å²) < 4.78 is 77.8. The third-order valence-corrected chi connectivity index (χ3v) is 2.91. The summed E-state index contributed by atoms with van der Waals surface area (Å²) in [5, 5.41) is 0.821. The van der Waals surface area contributed by atoms with Crippen LogP contribution in [0.1, 0.15) is 39.5 Å². The summed E-state index contributed by atoms with van der Waals surface area (Å²) in [6.45, 7) is 3.54. The van der Waals surface area contributed by atoms with Crippen molar-refractivity contribution in [2.45, 2.75) is 57.9 Å². The minimum absolute atomic E-state index is 0.0778. The van der Waals surface area contributed by atoms with Gasteiger partial charge >= 0.3 is 18.4 Å². The van der Waals surface area contributed by atoms with E-state index in [-0.39, 0.29) is 12.5 Å². The molecular formula is C12H19F6NO2. The molecule has 9 heteroatoms. The van der Waals surface area contributed by atoms with Crippen LogP contribution in [0.25, 0.3) is 0 Å². The number of hydrogen-bond donors (Lipinski definition) is 1. The number of rotatable bonds is 7. The van der Waals surface area contributed by atoms with E-state index in [1.165, 1.54) is 0 Å². The average Bonchev–Trinajstić information content (AvgIpc) is 2.33. The second kappa shape index (κ2) is 8.33. The maximum Gasteiger partial charge on any atom is 0.417 e. The van der Waals surface area contributed by atoms with Gasteiger partial charge in [-0.05, 0) is 12.3 Å². The molecule has 0 fully saturated rings. The molecule has 0 rings (SSSR count). The van der Waals surface area contributed by atoms with E-state index in [1.54, 1.807) is 6.92 Å². The zero-order valence-electron chi connectivity index (χ0n) is 11.8. The van der Waals surface area contributed by atoms with Crippen molar-refractivity contribution < 1.29 is 35.9 Å². The number of nitrogens with one attached hydrogen (secondary N) is 1. The molecule has 0 bridgehead atoms. The van der Waals surface area contributed by atoms with Crippen molar-refractivity contribution in [2.75, 3.05) is 6.61 Å². The Kier molecular flexibility index (Phi) is 7.87. The molecule has 0 aromatic heterocycles. The van der Waals surface area contributed by atoms with Crippen LogP contribution >= 0.6 is 0 Å². The van der Waals surface area contributed by atoms with Crippen LogP contribution in [0.3, 0.4) is 0 Å². The number of ether oxygens (including phenoxy) is 1. The number of carbonyl (C=O) groups is 1. The van der Waals surface area contributed by atoms with E-state index in [4.69, 9.17) is 0 Å². The van der Waals surface area contributed by atoms with Gasteiger partial charge in [-0.1, -0.05) is 33.1 Å². The Morgan fingerprint density at radius 1 is 1.10 bits per heavy atom. The molecule has 0 spiro atoms. The van der Waals surface area contributed by atoms with E-state index in [0.717, 1.165) is 18.2 Å². The summed E-state index contributed by atoms with van der Waals surface area (Å²) in [4.78, 5) is 11.1. The number of hydrogen-bond acceptors (Lipinski definition) is 2. The lowest BCUT2D eigenvalue weighted by Crippen LogP contribution is -2.54. The fourth-order valence-electron chi connectivity index (χ4n) is 1.60. The molecule has 1 amide bonds. The minimum Gasteiger partial charge on any atom is -0.449 e. The highest BCUT2D eigenvalue weighted by Gasteiger charge is 2.57. The van der Waals surface area contributed by atoms with Crippen LogP contribution in [0.15, 0.2) is 0 Å². The van der Waals surface area contributed by atoms with Crippen LogP contribution < -0.4 is 5.32 Å². The Morgan fingerprint density at radius 3 is 2.00 bits per heavy atom. The van der Waals surface area contributed by atoms with Gasteiger partial charge < -0.3 is 10.1 Å². The van der Waals surface area contributed by atoms with Crippen molar-refractivity contribution in [3.05, 3.63) is 0 Å². The fraction of sp³-hybridized carbons (Fsp3) is 0.917. The lowest BCUT2D eigenvalue weighted by atomic mass is 10.0. The second-order valence-electron chi connectivity index (χ2n) is 4.68. The van der Waals surface area contributed by atoms with Crippen molar-refractivity contribution in [1.82, 2.24) is 5.32 Å². The lowest BCUT2D eigenvalue weighted by Gasteiger charge is -2.24. The molecule has 21 heavy (non-hydrogen) atoms. The Hall–Kier alpha value is -1.15. The summed E-state index contributed by atoms with van der Waals surface area (Å²) in [5.41, 5.74) is 0. The van der Waals surface area contributed by atoms with Crippen LogP contribution in [0.2, 0.25) is 0 Å². The number of amides is 1. The first-order valence-corrected chi connectivity index (χ1v) is 6.59. The standard InChI is InChI=1S/C12H19F6NO2/c1-3-5-6-8(4-2)7-21-10(20)19-9(11(13,14)15)12(16,17)18/h8-9H,3-7H2,1-2H3,(H,19,20)/t8-/m0/s1. The van der Waals surface area contributed by atoms with Crippen LogP contribution in [-0.2, 0) is 4.74 Å². The van der Waals surface area contributed by atoms with Crippen molar-refractivity contribution in [3.8, 4) is 0 Å². The zero-order chi connectivity index (χ0) is 16.7. The van der Waals surface area contributed by atoms with Crippen molar-refractivity contribution in [2.24, 2.45) is 5.92 Å². The van der Waals surface area contributed by atoms with E-state index < -0.39 is 24.5 Å². The van der Waals surface area contributed by atoms with Crippen LogP contribution in [0.4, 0.5) is 31.1 Å². The van der Waals surface area contributed by atoms with Gasteiger partial charge in [-0.25, -0.2) is 4.79 Å². The molecule has 0 aliphatic heterocycles. The van der Waals surface area contributed by atoms with Crippen LogP contribution in [-0.4, -0.2) is 31.1 Å². The topological polar surface area (TPSA) is 38.3 Å². The van der Waals surface area contributed by atoms with Gasteiger partial charge in [0, 0.05) is 0 Å². The number of alkyl halides is 6. The van der Waals surface area contributed by atoms with E-state index in [0.29, 0.717) is 12.8 Å². The molecule has 0 aliphatic rings. The number of carbonyl (C=O) groups excluding carboxylic acids is 1. The zero-order valence-corrected chi connectivity index (χ0v) is 11.8. The third kappa shape index (κ3) is 8.01. The molecule has 1 atom stereocenters. The summed E-state index contributed by atoms with van der Waals surface area (Å²) in [5.74, 6) is -0.0778. The van der Waals surface area contributed by atoms with Crippen molar-refractivity contribution in [1.29, 1.82) is 0 Å². The molecule has 0 saturated carbocycles. The van der Waals surface area contributed by atoms with Gasteiger partial charge in [-0.3, -0.25) is 0 Å². The molecule has 0 aromatic carbocycles. The minimum atomic E-state index is -5.62. The summed E-state index contributed by atoms with van der Waals surface area (Å²) in [6.07, 6.45) is -9.90. The average molecular weight is 323 g/mol. The molecule has 0 aliphatic carbocycles. The smallest absolute Gasteiger partial charge is 0.417 e. The van der Waals surface area contributed by atoms with E-state index in [1.807, 2.05) is 6.92 Å². The van der Waals surface area contributed by atoms with E-state index in [9.17, 15) is 31.1 Å². The Morgan fingerprint density at radius 2 is 1.62 bits per heavy atom. The lowest BCUT2D eigenvalue weighted by molar-refractivity contribution is -0.256. The molecule has 0 saturated heterocycles.